The van der Waals surface area contributed by atoms with Gasteiger partial charge in [0, 0.05) is 6.54 Å². The van der Waals surface area contributed by atoms with Crippen molar-refractivity contribution in [1.82, 2.24) is 4.72 Å². The quantitative estimate of drug-likeness (QED) is 0.801. The van der Waals surface area contributed by atoms with Crippen LogP contribution in [0.3, 0.4) is 0 Å². The zero-order valence-corrected chi connectivity index (χ0v) is 12.4. The second kappa shape index (κ2) is 6.60. The van der Waals surface area contributed by atoms with E-state index in [0.29, 0.717) is 5.75 Å². The lowest BCUT2D eigenvalue weighted by atomic mass is 10.2. The van der Waals surface area contributed by atoms with Gasteiger partial charge in [-0.2, -0.15) is 0 Å². The number of aryl methyl sites for hydroxylation is 1. The zero-order chi connectivity index (χ0) is 15.3. The summed E-state index contributed by atoms with van der Waals surface area (Å²) in [5.41, 5.74) is 1.07. The van der Waals surface area contributed by atoms with Crippen LogP contribution in [0.25, 0.3) is 0 Å². The molecule has 0 saturated carbocycles. The summed E-state index contributed by atoms with van der Waals surface area (Å²) in [5, 5.41) is 9.56. The third-order valence-corrected chi connectivity index (χ3v) is 4.32. The maximum absolute atomic E-state index is 12.0. The lowest BCUT2D eigenvalue weighted by Gasteiger charge is -2.09. The van der Waals surface area contributed by atoms with Gasteiger partial charge >= 0.3 is 0 Å². The highest BCUT2D eigenvalue weighted by molar-refractivity contribution is 7.89. The predicted molar refractivity (Wildman–Crippen MR) is 80.0 cm³/mol. The molecule has 0 saturated heterocycles. The highest BCUT2D eigenvalue weighted by atomic mass is 32.2. The predicted octanol–water partition coefficient (Wildman–Crippen LogP) is 2.06. The van der Waals surface area contributed by atoms with Gasteiger partial charge < -0.3 is 9.84 Å². The second-order valence-electron chi connectivity index (χ2n) is 4.53. The standard InChI is InChI=1S/C15H17NO4S/c1-12-5-4-6-13(11-12)20-10-9-16-21(18,19)15-8-3-2-7-14(15)17/h2-8,11,16-17H,9-10H2,1H3. The Hall–Kier alpha value is -2.05. The molecule has 0 amide bonds. The Morgan fingerprint density at radius 1 is 1.14 bits per heavy atom. The van der Waals surface area contributed by atoms with E-state index >= 15 is 0 Å². The zero-order valence-electron chi connectivity index (χ0n) is 11.6. The molecule has 0 bridgehead atoms. The summed E-state index contributed by atoms with van der Waals surface area (Å²) >= 11 is 0. The van der Waals surface area contributed by atoms with Gasteiger partial charge in [-0.05, 0) is 36.8 Å². The van der Waals surface area contributed by atoms with Gasteiger partial charge in [-0.3, -0.25) is 0 Å². The number of rotatable bonds is 6. The second-order valence-corrected chi connectivity index (χ2v) is 6.27. The minimum Gasteiger partial charge on any atom is -0.507 e. The average molecular weight is 307 g/mol. The summed E-state index contributed by atoms with van der Waals surface area (Å²) < 4.78 is 31.8. The number of aromatic hydroxyl groups is 1. The normalized spacial score (nSPS) is 11.3. The molecule has 0 radical (unpaired) electrons. The molecule has 0 unspecified atom stereocenters. The number of para-hydroxylation sites is 1. The maximum Gasteiger partial charge on any atom is 0.244 e. The highest BCUT2D eigenvalue weighted by Gasteiger charge is 2.17. The van der Waals surface area contributed by atoms with Crippen molar-refractivity contribution in [1.29, 1.82) is 0 Å². The summed E-state index contributed by atoms with van der Waals surface area (Å²) in [6, 6.07) is 13.3. The molecule has 0 aliphatic carbocycles. The number of ether oxygens (including phenoxy) is 1. The molecule has 0 aliphatic rings. The molecule has 112 valence electrons. The van der Waals surface area contributed by atoms with Crippen molar-refractivity contribution in [3.63, 3.8) is 0 Å². The smallest absolute Gasteiger partial charge is 0.244 e. The van der Waals surface area contributed by atoms with Crippen molar-refractivity contribution in [2.45, 2.75) is 11.8 Å². The minimum absolute atomic E-state index is 0.116. The first-order valence-corrected chi connectivity index (χ1v) is 7.94. The lowest BCUT2D eigenvalue weighted by molar-refractivity contribution is 0.322. The van der Waals surface area contributed by atoms with Gasteiger partial charge in [-0.1, -0.05) is 24.3 Å². The Kier molecular flexibility index (Phi) is 4.82. The number of phenols is 1. The van der Waals surface area contributed by atoms with Crippen LogP contribution in [-0.2, 0) is 10.0 Å². The summed E-state index contributed by atoms with van der Waals surface area (Å²) in [4.78, 5) is -0.138. The number of hydrogen-bond acceptors (Lipinski definition) is 4. The first-order chi connectivity index (χ1) is 9.99. The van der Waals surface area contributed by atoms with Gasteiger partial charge in [0.2, 0.25) is 10.0 Å². The molecule has 2 rings (SSSR count). The van der Waals surface area contributed by atoms with Crippen molar-refractivity contribution in [3.05, 3.63) is 54.1 Å². The van der Waals surface area contributed by atoms with Crippen molar-refractivity contribution < 1.29 is 18.3 Å². The van der Waals surface area contributed by atoms with Gasteiger partial charge in [0.1, 0.15) is 23.0 Å². The van der Waals surface area contributed by atoms with Crippen molar-refractivity contribution in [2.24, 2.45) is 0 Å². The molecule has 5 nitrogen and oxygen atoms in total. The number of sulfonamides is 1. The fourth-order valence-corrected chi connectivity index (χ4v) is 2.92. The topological polar surface area (TPSA) is 75.6 Å². The molecule has 0 aromatic heterocycles. The molecule has 0 fully saturated rings. The summed E-state index contributed by atoms with van der Waals surface area (Å²) in [7, 11) is -3.73. The molecule has 6 heteroatoms. The van der Waals surface area contributed by atoms with Gasteiger partial charge in [0.05, 0.1) is 0 Å². The highest BCUT2D eigenvalue weighted by Crippen LogP contribution is 2.20. The third-order valence-electron chi connectivity index (χ3n) is 2.81. The maximum atomic E-state index is 12.0. The van der Waals surface area contributed by atoms with E-state index in [9.17, 15) is 13.5 Å². The van der Waals surface area contributed by atoms with E-state index in [1.165, 1.54) is 12.1 Å². The largest absolute Gasteiger partial charge is 0.507 e. The molecule has 0 heterocycles. The monoisotopic (exact) mass is 307 g/mol. The Bertz CT molecular complexity index is 713. The fraction of sp³-hybridized carbons (Fsp3) is 0.200. The van der Waals surface area contributed by atoms with Gasteiger partial charge in [0.15, 0.2) is 0 Å². The molecular formula is C15H17NO4S. The molecule has 0 aliphatic heterocycles. The number of hydrogen-bond donors (Lipinski definition) is 2. The van der Waals surface area contributed by atoms with Crippen LogP contribution in [0.5, 0.6) is 11.5 Å². The lowest BCUT2D eigenvalue weighted by Crippen LogP contribution is -2.28. The van der Waals surface area contributed by atoms with E-state index in [1.807, 2.05) is 31.2 Å². The molecule has 2 aromatic rings. The molecule has 0 atom stereocenters. The van der Waals surface area contributed by atoms with Crippen LogP contribution in [0, 0.1) is 6.92 Å². The van der Waals surface area contributed by atoms with Crippen molar-refractivity contribution >= 4 is 10.0 Å². The Labute approximate surface area is 124 Å². The van der Waals surface area contributed by atoms with Gasteiger partial charge in [-0.15, -0.1) is 0 Å². The van der Waals surface area contributed by atoms with Crippen LogP contribution in [-0.4, -0.2) is 26.7 Å². The van der Waals surface area contributed by atoms with Crippen LogP contribution < -0.4 is 9.46 Å². The number of nitrogens with one attached hydrogen (secondary N) is 1. The number of benzene rings is 2. The molecule has 2 aromatic carbocycles. The molecular weight excluding hydrogens is 290 g/mol. The summed E-state index contributed by atoms with van der Waals surface area (Å²) in [6.45, 7) is 2.27. The van der Waals surface area contributed by atoms with Crippen molar-refractivity contribution in [3.8, 4) is 11.5 Å². The first-order valence-electron chi connectivity index (χ1n) is 6.46. The Morgan fingerprint density at radius 2 is 1.90 bits per heavy atom. The third kappa shape index (κ3) is 4.21. The van der Waals surface area contributed by atoms with Gasteiger partial charge in [-0.25, -0.2) is 13.1 Å². The van der Waals surface area contributed by atoms with E-state index < -0.39 is 10.0 Å². The molecule has 0 spiro atoms. The number of phenolic OH excluding ortho intramolecular Hbond substituents is 1. The minimum atomic E-state index is -3.73. The van der Waals surface area contributed by atoms with E-state index in [1.54, 1.807) is 12.1 Å². The van der Waals surface area contributed by atoms with E-state index in [4.69, 9.17) is 4.74 Å². The van der Waals surface area contributed by atoms with Gasteiger partial charge in [0.25, 0.3) is 0 Å². The van der Waals surface area contributed by atoms with Crippen LogP contribution in [0.15, 0.2) is 53.4 Å². The van der Waals surface area contributed by atoms with Crippen LogP contribution in [0.4, 0.5) is 0 Å². The SMILES string of the molecule is Cc1cccc(OCCNS(=O)(=O)c2ccccc2O)c1. The summed E-state index contributed by atoms with van der Waals surface area (Å²) in [5.74, 6) is 0.418. The first kappa shape index (κ1) is 15.3. The molecule has 2 N–H and O–H groups in total. The average Bonchev–Trinajstić information content (AvgIpc) is 2.44. The Morgan fingerprint density at radius 3 is 2.62 bits per heavy atom. The van der Waals surface area contributed by atoms with E-state index in [2.05, 4.69) is 4.72 Å². The van der Waals surface area contributed by atoms with Crippen LogP contribution in [0.1, 0.15) is 5.56 Å². The van der Waals surface area contributed by atoms with E-state index in [0.717, 1.165) is 5.56 Å². The van der Waals surface area contributed by atoms with Crippen LogP contribution >= 0.6 is 0 Å². The molecule has 21 heavy (non-hydrogen) atoms. The Balaban J connectivity index is 1.90. The van der Waals surface area contributed by atoms with E-state index in [-0.39, 0.29) is 23.8 Å². The summed E-state index contributed by atoms with van der Waals surface area (Å²) in [6.07, 6.45) is 0. The fourth-order valence-electron chi connectivity index (χ4n) is 1.81. The van der Waals surface area contributed by atoms with Crippen LogP contribution in [0.2, 0.25) is 0 Å². The van der Waals surface area contributed by atoms with Crippen molar-refractivity contribution in [2.75, 3.05) is 13.2 Å².